The van der Waals surface area contributed by atoms with E-state index in [1.165, 1.54) is 38.5 Å². The molecular weight excluding hydrogens is 262 g/mol. The van der Waals surface area contributed by atoms with Gasteiger partial charge in [-0.3, -0.25) is 9.69 Å². The molecule has 0 aromatic carbocycles. The lowest BCUT2D eigenvalue weighted by molar-refractivity contribution is -0.133. The van der Waals surface area contributed by atoms with Gasteiger partial charge in [0.05, 0.1) is 0 Å². The molecule has 3 fully saturated rings. The van der Waals surface area contributed by atoms with Gasteiger partial charge in [-0.1, -0.05) is 6.92 Å². The number of hydrogen-bond donors (Lipinski definition) is 1. The van der Waals surface area contributed by atoms with Crippen molar-refractivity contribution in [1.29, 1.82) is 0 Å². The summed E-state index contributed by atoms with van der Waals surface area (Å²) in [7, 11) is 0. The standard InChI is InChI=1S/C17H31N3O/c1-14-4-6-16(7-5-14)19-9-11-20(12-10-19)17(21)13-15-3-2-8-18-15/h14-16,18H,2-13H2,1H3. The van der Waals surface area contributed by atoms with Gasteiger partial charge in [-0.05, 0) is 51.0 Å². The van der Waals surface area contributed by atoms with E-state index < -0.39 is 0 Å². The summed E-state index contributed by atoms with van der Waals surface area (Å²) >= 11 is 0. The summed E-state index contributed by atoms with van der Waals surface area (Å²) in [6.07, 6.45) is 8.61. The summed E-state index contributed by atoms with van der Waals surface area (Å²) in [5, 5.41) is 3.43. The highest BCUT2D eigenvalue weighted by molar-refractivity contribution is 5.77. The molecule has 0 bridgehead atoms. The van der Waals surface area contributed by atoms with Gasteiger partial charge in [0.2, 0.25) is 5.91 Å². The molecule has 0 aromatic rings. The maximum absolute atomic E-state index is 12.3. The summed E-state index contributed by atoms with van der Waals surface area (Å²) < 4.78 is 0. The highest BCUT2D eigenvalue weighted by atomic mass is 16.2. The quantitative estimate of drug-likeness (QED) is 0.862. The average Bonchev–Trinajstić information content (AvgIpc) is 3.01. The van der Waals surface area contributed by atoms with E-state index >= 15 is 0 Å². The van der Waals surface area contributed by atoms with Crippen molar-refractivity contribution in [2.75, 3.05) is 32.7 Å². The Morgan fingerprint density at radius 3 is 2.38 bits per heavy atom. The number of rotatable bonds is 3. The topological polar surface area (TPSA) is 35.6 Å². The van der Waals surface area contributed by atoms with Gasteiger partial charge >= 0.3 is 0 Å². The van der Waals surface area contributed by atoms with E-state index in [0.717, 1.165) is 44.7 Å². The molecule has 1 amide bonds. The molecule has 1 atom stereocenters. The number of piperazine rings is 1. The third-order valence-electron chi connectivity index (χ3n) is 5.75. The molecule has 3 rings (SSSR count). The molecule has 1 saturated carbocycles. The van der Waals surface area contributed by atoms with Crippen LogP contribution in [0, 0.1) is 5.92 Å². The molecule has 4 heteroatoms. The van der Waals surface area contributed by atoms with E-state index in [1.54, 1.807) is 0 Å². The second-order valence-corrected chi connectivity index (χ2v) is 7.33. The molecule has 1 unspecified atom stereocenters. The second kappa shape index (κ2) is 7.10. The fraction of sp³-hybridized carbons (Fsp3) is 0.941. The lowest BCUT2D eigenvalue weighted by atomic mass is 9.86. The first kappa shape index (κ1) is 15.3. The molecule has 2 saturated heterocycles. The lowest BCUT2D eigenvalue weighted by Gasteiger charge is -2.41. The Balaban J connectivity index is 1.41. The van der Waals surface area contributed by atoms with Gasteiger partial charge in [0.15, 0.2) is 0 Å². The van der Waals surface area contributed by atoms with Crippen LogP contribution in [0.3, 0.4) is 0 Å². The SMILES string of the molecule is CC1CCC(N2CCN(C(=O)CC3CCCN3)CC2)CC1. The smallest absolute Gasteiger partial charge is 0.224 e. The van der Waals surface area contributed by atoms with Gasteiger partial charge in [0, 0.05) is 44.7 Å². The fourth-order valence-electron chi connectivity index (χ4n) is 4.21. The average molecular weight is 293 g/mol. The highest BCUT2D eigenvalue weighted by Crippen LogP contribution is 2.27. The molecule has 0 radical (unpaired) electrons. The summed E-state index contributed by atoms with van der Waals surface area (Å²) in [5.41, 5.74) is 0. The van der Waals surface area contributed by atoms with Crippen molar-refractivity contribution in [2.45, 2.75) is 64.0 Å². The Morgan fingerprint density at radius 2 is 1.76 bits per heavy atom. The minimum Gasteiger partial charge on any atom is -0.340 e. The second-order valence-electron chi connectivity index (χ2n) is 7.33. The maximum atomic E-state index is 12.3. The molecule has 4 nitrogen and oxygen atoms in total. The predicted molar refractivity (Wildman–Crippen MR) is 85.2 cm³/mol. The van der Waals surface area contributed by atoms with E-state index in [9.17, 15) is 4.79 Å². The van der Waals surface area contributed by atoms with Crippen LogP contribution in [0.1, 0.15) is 51.9 Å². The molecular formula is C17H31N3O. The van der Waals surface area contributed by atoms with E-state index in [1.807, 2.05) is 0 Å². The van der Waals surface area contributed by atoms with Crippen molar-refractivity contribution in [1.82, 2.24) is 15.1 Å². The lowest BCUT2D eigenvalue weighted by Crippen LogP contribution is -2.53. The van der Waals surface area contributed by atoms with Gasteiger partial charge in [-0.2, -0.15) is 0 Å². The van der Waals surface area contributed by atoms with Crippen LogP contribution in [0.15, 0.2) is 0 Å². The van der Waals surface area contributed by atoms with E-state index in [4.69, 9.17) is 0 Å². The van der Waals surface area contributed by atoms with Crippen molar-refractivity contribution >= 4 is 5.91 Å². The normalized spacial score (nSPS) is 35.1. The number of nitrogens with zero attached hydrogens (tertiary/aromatic N) is 2. The number of hydrogen-bond acceptors (Lipinski definition) is 3. The van der Waals surface area contributed by atoms with E-state index in [-0.39, 0.29) is 0 Å². The Labute approximate surface area is 129 Å². The largest absolute Gasteiger partial charge is 0.340 e. The van der Waals surface area contributed by atoms with Crippen molar-refractivity contribution in [3.63, 3.8) is 0 Å². The van der Waals surface area contributed by atoms with Gasteiger partial charge < -0.3 is 10.2 Å². The monoisotopic (exact) mass is 293 g/mol. The van der Waals surface area contributed by atoms with Crippen molar-refractivity contribution < 1.29 is 4.79 Å². The first-order valence-corrected chi connectivity index (χ1v) is 8.97. The third kappa shape index (κ3) is 3.98. The molecule has 2 aliphatic heterocycles. The van der Waals surface area contributed by atoms with Crippen molar-refractivity contribution in [3.8, 4) is 0 Å². The predicted octanol–water partition coefficient (Wildman–Crippen LogP) is 1.85. The van der Waals surface area contributed by atoms with Crippen molar-refractivity contribution in [2.24, 2.45) is 5.92 Å². The van der Waals surface area contributed by atoms with Crippen LogP contribution in [0.2, 0.25) is 0 Å². The van der Waals surface area contributed by atoms with Crippen LogP contribution in [0.4, 0.5) is 0 Å². The summed E-state index contributed by atoms with van der Waals surface area (Å²) in [4.78, 5) is 17.1. The van der Waals surface area contributed by atoms with E-state index in [0.29, 0.717) is 18.4 Å². The Kier molecular flexibility index (Phi) is 5.17. The number of carbonyl (C=O) groups is 1. The van der Waals surface area contributed by atoms with Crippen LogP contribution >= 0.6 is 0 Å². The fourth-order valence-corrected chi connectivity index (χ4v) is 4.21. The number of carbonyl (C=O) groups excluding carboxylic acids is 1. The minimum absolute atomic E-state index is 0.367. The third-order valence-corrected chi connectivity index (χ3v) is 5.75. The molecule has 1 N–H and O–H groups in total. The van der Waals surface area contributed by atoms with Crippen molar-refractivity contribution in [3.05, 3.63) is 0 Å². The number of nitrogens with one attached hydrogen (secondary N) is 1. The van der Waals surface area contributed by atoms with Crippen LogP contribution in [-0.4, -0.2) is 60.5 Å². The van der Waals surface area contributed by atoms with Gasteiger partial charge in [-0.15, -0.1) is 0 Å². The maximum Gasteiger partial charge on any atom is 0.224 e. The molecule has 120 valence electrons. The van der Waals surface area contributed by atoms with Gasteiger partial charge in [-0.25, -0.2) is 0 Å². The van der Waals surface area contributed by atoms with Crippen LogP contribution in [-0.2, 0) is 4.79 Å². The zero-order valence-corrected chi connectivity index (χ0v) is 13.5. The number of amides is 1. The first-order valence-electron chi connectivity index (χ1n) is 8.97. The zero-order valence-electron chi connectivity index (χ0n) is 13.5. The van der Waals surface area contributed by atoms with Crippen LogP contribution < -0.4 is 5.32 Å². The molecule has 0 aromatic heterocycles. The molecule has 3 aliphatic rings. The highest BCUT2D eigenvalue weighted by Gasteiger charge is 2.29. The summed E-state index contributed by atoms with van der Waals surface area (Å²) in [5.74, 6) is 1.29. The van der Waals surface area contributed by atoms with Gasteiger partial charge in [0.25, 0.3) is 0 Å². The Hall–Kier alpha value is -0.610. The Bertz CT molecular complexity index is 338. The summed E-state index contributed by atoms with van der Waals surface area (Å²) in [6.45, 7) is 7.52. The van der Waals surface area contributed by atoms with Crippen LogP contribution in [0.5, 0.6) is 0 Å². The molecule has 0 spiro atoms. The minimum atomic E-state index is 0.367. The van der Waals surface area contributed by atoms with Gasteiger partial charge in [0.1, 0.15) is 0 Å². The molecule has 21 heavy (non-hydrogen) atoms. The van der Waals surface area contributed by atoms with Crippen LogP contribution in [0.25, 0.3) is 0 Å². The first-order chi connectivity index (χ1) is 10.2. The van der Waals surface area contributed by atoms with E-state index in [2.05, 4.69) is 22.0 Å². The zero-order chi connectivity index (χ0) is 14.7. The molecule has 1 aliphatic carbocycles. The molecule has 2 heterocycles. The summed E-state index contributed by atoms with van der Waals surface area (Å²) in [6, 6.07) is 1.23. The Morgan fingerprint density at radius 1 is 1.05 bits per heavy atom.